The number of nitrogen functional groups attached to an aromatic ring is 1. The van der Waals surface area contributed by atoms with Gasteiger partial charge in [-0.2, -0.15) is 15.3 Å². The van der Waals surface area contributed by atoms with Crippen LogP contribution in [0, 0.1) is 18.8 Å². The Morgan fingerprint density at radius 3 is 2.73 bits per heavy atom. The third kappa shape index (κ3) is 4.43. The number of nitrogens with zero attached hydrogens (tertiary/aromatic N) is 6. The Bertz CT molecular complexity index is 1860. The Balaban J connectivity index is 1.42. The second-order valence-corrected chi connectivity index (χ2v) is 9.61. The van der Waals surface area contributed by atoms with Gasteiger partial charge >= 0.3 is 0 Å². The highest BCUT2D eigenvalue weighted by molar-refractivity contribution is 6.04. The van der Waals surface area contributed by atoms with Crippen molar-refractivity contribution in [3.05, 3.63) is 88.9 Å². The molecule has 40 heavy (non-hydrogen) atoms. The molecule has 0 fully saturated rings. The number of anilines is 2. The maximum atomic E-state index is 13.4. The van der Waals surface area contributed by atoms with Crippen LogP contribution in [0.2, 0.25) is 0 Å². The van der Waals surface area contributed by atoms with E-state index in [1.165, 1.54) is 0 Å². The minimum absolute atomic E-state index is 0.165. The molecule has 3 aromatic heterocycles. The molecule has 2 aromatic carbocycles. The molecule has 1 aliphatic rings. The maximum absolute atomic E-state index is 13.4. The quantitative estimate of drug-likeness (QED) is 0.301. The Morgan fingerprint density at radius 2 is 1.95 bits per heavy atom. The summed E-state index contributed by atoms with van der Waals surface area (Å²) in [4.78, 5) is 13.4. The Hall–Kier alpha value is -5.43. The van der Waals surface area contributed by atoms with E-state index in [1.807, 2.05) is 63.4 Å². The van der Waals surface area contributed by atoms with Crippen molar-refractivity contribution in [2.75, 3.05) is 17.6 Å². The predicted molar refractivity (Wildman–Crippen MR) is 155 cm³/mol. The average molecular weight is 530 g/mol. The molecule has 0 spiro atoms. The highest BCUT2D eigenvalue weighted by atomic mass is 16.1. The van der Waals surface area contributed by atoms with E-state index >= 15 is 0 Å². The average Bonchev–Trinajstić information content (AvgIpc) is 3.48. The monoisotopic (exact) mass is 529 g/mol. The third-order valence-corrected chi connectivity index (χ3v) is 7.07. The number of aromatic nitrogens is 6. The molecule has 6 rings (SSSR count). The van der Waals surface area contributed by atoms with Gasteiger partial charge in [-0.3, -0.25) is 9.48 Å². The molecule has 1 atom stereocenters. The smallest absolute Gasteiger partial charge is 0.259 e. The SMILES string of the molecule is Cc1c(C#Cc2cnnc3cc(C(C)NC(=O)c4c(N)nn5c4NCC=C5)c(-c4ccccc4)cc23)cnn1C. The van der Waals surface area contributed by atoms with E-state index in [2.05, 4.69) is 48.9 Å². The molecule has 4 N–H and O–H groups in total. The standard InChI is InChI=1S/C30H27N9O/c1-18(35-30(40)27-28(31)37-39-13-7-12-32-29(27)39)23-15-26-25(14-24(23)20-8-5-4-6-9-20)22(16-33-36-26)11-10-21-17-34-38(3)19(21)2/h4-9,13-18,32H,12H2,1-3H3,(H2,31,37)(H,35,40). The number of carbonyl (C=O) groups is 1. The van der Waals surface area contributed by atoms with Crippen LogP contribution in [0.4, 0.5) is 11.6 Å². The van der Waals surface area contributed by atoms with Gasteiger partial charge in [0.25, 0.3) is 5.91 Å². The van der Waals surface area contributed by atoms with Crippen LogP contribution in [-0.4, -0.2) is 42.2 Å². The zero-order valence-corrected chi connectivity index (χ0v) is 22.3. The van der Waals surface area contributed by atoms with Crippen LogP contribution in [0.1, 0.15) is 45.7 Å². The van der Waals surface area contributed by atoms with Crippen molar-refractivity contribution < 1.29 is 4.79 Å². The van der Waals surface area contributed by atoms with E-state index in [1.54, 1.807) is 28.0 Å². The molecule has 4 heterocycles. The topological polar surface area (TPSA) is 129 Å². The largest absolute Gasteiger partial charge is 0.381 e. The lowest BCUT2D eigenvalue weighted by Crippen LogP contribution is -2.28. The van der Waals surface area contributed by atoms with Crippen molar-refractivity contribution in [1.29, 1.82) is 0 Å². The molecule has 0 saturated carbocycles. The molecule has 1 aliphatic heterocycles. The summed E-state index contributed by atoms with van der Waals surface area (Å²) in [5.41, 5.74) is 12.6. The van der Waals surface area contributed by atoms with Crippen molar-refractivity contribution >= 4 is 34.6 Å². The van der Waals surface area contributed by atoms with Gasteiger partial charge < -0.3 is 16.4 Å². The van der Waals surface area contributed by atoms with Crippen molar-refractivity contribution in [3.63, 3.8) is 0 Å². The highest BCUT2D eigenvalue weighted by Crippen LogP contribution is 2.34. The zero-order valence-electron chi connectivity index (χ0n) is 22.3. The van der Waals surface area contributed by atoms with Crippen LogP contribution >= 0.6 is 0 Å². The number of benzene rings is 2. The van der Waals surface area contributed by atoms with E-state index in [0.717, 1.165) is 38.9 Å². The minimum Gasteiger partial charge on any atom is -0.381 e. The molecule has 5 aromatic rings. The van der Waals surface area contributed by atoms with Crippen LogP contribution in [0.25, 0.3) is 28.2 Å². The molecule has 1 unspecified atom stereocenters. The summed E-state index contributed by atoms with van der Waals surface area (Å²) in [6.45, 7) is 4.51. The van der Waals surface area contributed by atoms with E-state index in [-0.39, 0.29) is 17.8 Å². The lowest BCUT2D eigenvalue weighted by Gasteiger charge is -2.20. The van der Waals surface area contributed by atoms with Crippen molar-refractivity contribution in [3.8, 4) is 23.0 Å². The Kier molecular flexibility index (Phi) is 6.24. The fourth-order valence-electron chi connectivity index (χ4n) is 4.81. The normalized spacial score (nSPS) is 12.8. The molecule has 198 valence electrons. The van der Waals surface area contributed by atoms with Gasteiger partial charge in [0.15, 0.2) is 5.82 Å². The fraction of sp³-hybridized carbons (Fsp3) is 0.167. The number of hydrogen-bond acceptors (Lipinski definition) is 7. The number of aryl methyl sites for hydroxylation is 1. The first-order valence-corrected chi connectivity index (χ1v) is 12.9. The Labute approximate surface area is 230 Å². The van der Waals surface area contributed by atoms with Gasteiger partial charge in [-0.1, -0.05) is 42.2 Å². The number of hydrogen-bond donors (Lipinski definition) is 3. The van der Waals surface area contributed by atoms with Gasteiger partial charge in [0.05, 0.1) is 40.8 Å². The van der Waals surface area contributed by atoms with Crippen LogP contribution in [0.3, 0.4) is 0 Å². The molecule has 0 saturated heterocycles. The summed E-state index contributed by atoms with van der Waals surface area (Å²) < 4.78 is 3.37. The molecule has 0 aliphatic carbocycles. The number of rotatable bonds is 4. The van der Waals surface area contributed by atoms with Crippen molar-refractivity contribution in [2.45, 2.75) is 19.9 Å². The summed E-state index contributed by atoms with van der Waals surface area (Å²) in [6, 6.07) is 13.7. The van der Waals surface area contributed by atoms with Crippen LogP contribution in [0.5, 0.6) is 0 Å². The van der Waals surface area contributed by atoms with Gasteiger partial charge in [-0.05, 0) is 48.7 Å². The zero-order chi connectivity index (χ0) is 27.8. The third-order valence-electron chi connectivity index (χ3n) is 7.07. The van der Waals surface area contributed by atoms with Crippen molar-refractivity contribution in [1.82, 2.24) is 35.1 Å². The van der Waals surface area contributed by atoms with E-state index in [4.69, 9.17) is 5.73 Å². The van der Waals surface area contributed by atoms with E-state index in [0.29, 0.717) is 23.4 Å². The lowest BCUT2D eigenvalue weighted by molar-refractivity contribution is 0.0941. The molecule has 10 nitrogen and oxygen atoms in total. The molecule has 0 bridgehead atoms. The van der Waals surface area contributed by atoms with Crippen LogP contribution in [0.15, 0.2) is 60.9 Å². The molecule has 0 radical (unpaired) electrons. The lowest BCUT2D eigenvalue weighted by atomic mass is 9.92. The molecule has 10 heteroatoms. The second-order valence-electron chi connectivity index (χ2n) is 9.61. The van der Waals surface area contributed by atoms with Crippen LogP contribution < -0.4 is 16.4 Å². The van der Waals surface area contributed by atoms with E-state index < -0.39 is 0 Å². The van der Waals surface area contributed by atoms with E-state index in [9.17, 15) is 4.79 Å². The van der Waals surface area contributed by atoms with Gasteiger partial charge in [0.1, 0.15) is 11.4 Å². The molecule has 1 amide bonds. The maximum Gasteiger partial charge on any atom is 0.259 e. The number of fused-ring (bicyclic) bond motifs is 2. The minimum atomic E-state index is -0.379. The fourth-order valence-corrected chi connectivity index (χ4v) is 4.81. The summed E-state index contributed by atoms with van der Waals surface area (Å²) in [6.07, 6.45) is 7.12. The summed E-state index contributed by atoms with van der Waals surface area (Å²) in [5.74, 6) is 6.91. The summed E-state index contributed by atoms with van der Waals surface area (Å²) in [5, 5.41) is 24.3. The second kappa shape index (κ2) is 10.0. The van der Waals surface area contributed by atoms with Gasteiger partial charge in [0.2, 0.25) is 0 Å². The van der Waals surface area contributed by atoms with Crippen molar-refractivity contribution in [2.24, 2.45) is 7.05 Å². The molecular formula is C30H27N9O. The number of amides is 1. The number of nitrogens with two attached hydrogens (primary N) is 1. The van der Waals surface area contributed by atoms with Gasteiger partial charge in [-0.25, -0.2) is 4.68 Å². The number of carbonyl (C=O) groups excluding carboxylic acids is 1. The summed E-state index contributed by atoms with van der Waals surface area (Å²) >= 11 is 0. The summed E-state index contributed by atoms with van der Waals surface area (Å²) in [7, 11) is 1.89. The molecular weight excluding hydrogens is 502 g/mol. The first-order valence-electron chi connectivity index (χ1n) is 12.9. The number of nitrogens with one attached hydrogen (secondary N) is 2. The first kappa shape index (κ1) is 24.9. The van der Waals surface area contributed by atoms with Gasteiger partial charge in [0, 0.05) is 25.2 Å². The highest BCUT2D eigenvalue weighted by Gasteiger charge is 2.25. The van der Waals surface area contributed by atoms with Gasteiger partial charge in [-0.15, -0.1) is 5.10 Å². The predicted octanol–water partition coefficient (Wildman–Crippen LogP) is 3.90. The first-order chi connectivity index (χ1) is 19.4. The van der Waals surface area contributed by atoms with Crippen LogP contribution in [-0.2, 0) is 7.05 Å². The Morgan fingerprint density at radius 1 is 1.15 bits per heavy atom.